The number of nitrogens with zero attached hydrogens (tertiary/aromatic N) is 3. The second kappa shape index (κ2) is 4.43. The maximum absolute atomic E-state index is 12.5. The number of hydrogen-bond acceptors (Lipinski definition) is 4. The van der Waals surface area contributed by atoms with E-state index in [9.17, 15) is 18.0 Å². The highest BCUT2D eigenvalue weighted by Crippen LogP contribution is 2.33. The number of amides is 1. The molecular formula is C10H11F3N4O. The maximum atomic E-state index is 12.5. The quantitative estimate of drug-likeness (QED) is 0.820. The fourth-order valence-electron chi connectivity index (χ4n) is 1.82. The van der Waals surface area contributed by atoms with E-state index in [1.807, 2.05) is 0 Å². The van der Waals surface area contributed by atoms with Crippen LogP contribution in [0.5, 0.6) is 0 Å². The van der Waals surface area contributed by atoms with Gasteiger partial charge in [0.15, 0.2) is 0 Å². The molecule has 2 heterocycles. The normalized spacial score (nSPS) is 20.2. The molecule has 1 aromatic heterocycles. The highest BCUT2D eigenvalue weighted by molar-refractivity contribution is 5.92. The molecule has 1 fully saturated rings. The average Bonchev–Trinajstić information content (AvgIpc) is 2.78. The number of nitrogen functional groups attached to an aromatic ring is 1. The van der Waals surface area contributed by atoms with Crippen molar-refractivity contribution in [1.29, 1.82) is 0 Å². The molecule has 0 aliphatic carbocycles. The van der Waals surface area contributed by atoms with E-state index in [4.69, 9.17) is 5.73 Å². The van der Waals surface area contributed by atoms with Gasteiger partial charge in [-0.05, 0) is 6.42 Å². The molecule has 1 aromatic rings. The summed E-state index contributed by atoms with van der Waals surface area (Å²) in [5.41, 5.74) is 5.32. The van der Waals surface area contributed by atoms with Gasteiger partial charge in [-0.1, -0.05) is 0 Å². The van der Waals surface area contributed by atoms with E-state index in [0.717, 1.165) is 4.90 Å². The molecule has 1 aliphatic rings. The van der Waals surface area contributed by atoms with Crippen molar-refractivity contribution in [3.8, 4) is 0 Å². The van der Waals surface area contributed by atoms with Crippen LogP contribution in [-0.4, -0.2) is 40.0 Å². The molecule has 1 atom stereocenters. The van der Waals surface area contributed by atoms with Crippen LogP contribution in [0.15, 0.2) is 12.4 Å². The number of aromatic nitrogens is 2. The first kappa shape index (κ1) is 12.6. The van der Waals surface area contributed by atoms with Crippen molar-refractivity contribution in [3.05, 3.63) is 18.1 Å². The predicted molar refractivity (Wildman–Crippen MR) is 56.5 cm³/mol. The van der Waals surface area contributed by atoms with E-state index in [0.29, 0.717) is 0 Å². The number of alkyl halides is 3. The lowest BCUT2D eigenvalue weighted by Crippen LogP contribution is -2.32. The van der Waals surface area contributed by atoms with Crippen molar-refractivity contribution in [2.24, 2.45) is 5.92 Å². The number of nitrogens with two attached hydrogens (primary N) is 1. The molecule has 1 saturated heterocycles. The molecule has 2 N–H and O–H groups in total. The van der Waals surface area contributed by atoms with Gasteiger partial charge in [-0.25, -0.2) is 9.97 Å². The van der Waals surface area contributed by atoms with Gasteiger partial charge in [0.1, 0.15) is 11.5 Å². The summed E-state index contributed by atoms with van der Waals surface area (Å²) in [6.45, 7) is -0.247. The zero-order valence-corrected chi connectivity index (χ0v) is 9.31. The third-order valence-corrected chi connectivity index (χ3v) is 2.83. The lowest BCUT2D eigenvalue weighted by atomic mass is 10.1. The molecule has 0 bridgehead atoms. The number of carbonyl (C=O) groups is 1. The van der Waals surface area contributed by atoms with Crippen LogP contribution in [0.2, 0.25) is 0 Å². The summed E-state index contributed by atoms with van der Waals surface area (Å²) in [6, 6.07) is 0. The Labute approximate surface area is 101 Å². The van der Waals surface area contributed by atoms with Gasteiger partial charge in [0.2, 0.25) is 0 Å². The topological polar surface area (TPSA) is 72.1 Å². The van der Waals surface area contributed by atoms with Gasteiger partial charge < -0.3 is 10.6 Å². The molecule has 1 unspecified atom stereocenters. The molecule has 0 radical (unpaired) electrons. The minimum atomic E-state index is -4.26. The Balaban J connectivity index is 2.06. The number of anilines is 1. The Hall–Kier alpha value is -1.86. The zero-order valence-electron chi connectivity index (χ0n) is 9.31. The Kier molecular flexibility index (Phi) is 3.10. The van der Waals surface area contributed by atoms with Crippen LogP contribution in [-0.2, 0) is 0 Å². The Bertz CT molecular complexity index is 445. The fourth-order valence-corrected chi connectivity index (χ4v) is 1.82. The Morgan fingerprint density at radius 1 is 1.39 bits per heavy atom. The fraction of sp³-hybridized carbons (Fsp3) is 0.500. The summed E-state index contributed by atoms with van der Waals surface area (Å²) >= 11 is 0. The van der Waals surface area contributed by atoms with Crippen LogP contribution in [0.3, 0.4) is 0 Å². The van der Waals surface area contributed by atoms with Crippen molar-refractivity contribution in [3.63, 3.8) is 0 Å². The number of likely N-dealkylation sites (tertiary alicyclic amines) is 1. The van der Waals surface area contributed by atoms with Crippen LogP contribution in [0.25, 0.3) is 0 Å². The summed E-state index contributed by atoms with van der Waals surface area (Å²) < 4.78 is 37.4. The molecule has 0 aromatic carbocycles. The lowest BCUT2D eigenvalue weighted by Gasteiger charge is -2.17. The van der Waals surface area contributed by atoms with Crippen LogP contribution in [0.1, 0.15) is 16.9 Å². The van der Waals surface area contributed by atoms with E-state index < -0.39 is 18.0 Å². The van der Waals surface area contributed by atoms with Crippen molar-refractivity contribution in [2.75, 3.05) is 18.8 Å². The Morgan fingerprint density at radius 2 is 2.11 bits per heavy atom. The standard InChI is InChI=1S/C10H11F3N4O/c11-10(12,13)6-1-2-17(5-6)9(18)7-3-16-8(14)4-15-7/h3-4,6H,1-2,5H2,(H2,14,16). The SMILES string of the molecule is Nc1cnc(C(=O)N2CCC(C(F)(F)F)C2)cn1. The number of carbonyl (C=O) groups excluding carboxylic acids is 1. The Morgan fingerprint density at radius 3 is 2.61 bits per heavy atom. The lowest BCUT2D eigenvalue weighted by molar-refractivity contribution is -0.169. The minimum absolute atomic E-state index is 0.00650. The molecule has 1 amide bonds. The van der Waals surface area contributed by atoms with E-state index in [2.05, 4.69) is 9.97 Å². The van der Waals surface area contributed by atoms with E-state index in [1.165, 1.54) is 12.4 Å². The van der Waals surface area contributed by atoms with E-state index in [-0.39, 0.29) is 31.0 Å². The molecule has 0 saturated carbocycles. The summed E-state index contributed by atoms with van der Waals surface area (Å²) in [4.78, 5) is 20.4. The largest absolute Gasteiger partial charge is 0.393 e. The van der Waals surface area contributed by atoms with Gasteiger partial charge in [0, 0.05) is 13.1 Å². The highest BCUT2D eigenvalue weighted by atomic mass is 19.4. The number of rotatable bonds is 1. The van der Waals surface area contributed by atoms with E-state index >= 15 is 0 Å². The third-order valence-electron chi connectivity index (χ3n) is 2.83. The molecule has 2 rings (SSSR count). The van der Waals surface area contributed by atoms with Gasteiger partial charge in [0.25, 0.3) is 5.91 Å². The van der Waals surface area contributed by atoms with Crippen LogP contribution < -0.4 is 5.73 Å². The second-order valence-electron chi connectivity index (χ2n) is 4.10. The minimum Gasteiger partial charge on any atom is -0.382 e. The van der Waals surface area contributed by atoms with Crippen molar-refractivity contribution < 1.29 is 18.0 Å². The first-order chi connectivity index (χ1) is 8.38. The average molecular weight is 260 g/mol. The molecular weight excluding hydrogens is 249 g/mol. The van der Waals surface area contributed by atoms with Gasteiger partial charge in [-0.2, -0.15) is 13.2 Å². The van der Waals surface area contributed by atoms with Crippen LogP contribution >= 0.6 is 0 Å². The van der Waals surface area contributed by atoms with Gasteiger partial charge >= 0.3 is 6.18 Å². The predicted octanol–water partition coefficient (Wildman–Crippen LogP) is 1.08. The summed E-state index contributed by atoms with van der Waals surface area (Å²) in [7, 11) is 0. The monoisotopic (exact) mass is 260 g/mol. The van der Waals surface area contributed by atoms with Crippen LogP contribution in [0.4, 0.5) is 19.0 Å². The van der Waals surface area contributed by atoms with Crippen molar-refractivity contribution >= 4 is 11.7 Å². The van der Waals surface area contributed by atoms with Crippen molar-refractivity contribution in [2.45, 2.75) is 12.6 Å². The first-order valence-corrected chi connectivity index (χ1v) is 5.31. The summed E-state index contributed by atoms with van der Waals surface area (Å²) in [6.07, 6.45) is -1.97. The first-order valence-electron chi connectivity index (χ1n) is 5.31. The third kappa shape index (κ3) is 2.52. The molecule has 1 aliphatic heterocycles. The summed E-state index contributed by atoms with van der Waals surface area (Å²) in [5, 5.41) is 0. The number of halogens is 3. The maximum Gasteiger partial charge on any atom is 0.393 e. The van der Waals surface area contributed by atoms with E-state index in [1.54, 1.807) is 0 Å². The smallest absolute Gasteiger partial charge is 0.382 e. The summed E-state index contributed by atoms with van der Waals surface area (Å²) in [5.74, 6) is -1.85. The van der Waals surface area contributed by atoms with Crippen LogP contribution in [0, 0.1) is 5.92 Å². The van der Waals surface area contributed by atoms with Gasteiger partial charge in [-0.3, -0.25) is 4.79 Å². The highest BCUT2D eigenvalue weighted by Gasteiger charge is 2.44. The molecule has 5 nitrogen and oxygen atoms in total. The van der Waals surface area contributed by atoms with Crippen molar-refractivity contribution in [1.82, 2.24) is 14.9 Å². The number of hydrogen-bond donors (Lipinski definition) is 1. The molecule has 18 heavy (non-hydrogen) atoms. The molecule has 0 spiro atoms. The van der Waals surface area contributed by atoms with Gasteiger partial charge in [-0.15, -0.1) is 0 Å². The molecule has 8 heteroatoms. The second-order valence-corrected chi connectivity index (χ2v) is 4.10. The van der Waals surface area contributed by atoms with Gasteiger partial charge in [0.05, 0.1) is 18.3 Å². The zero-order chi connectivity index (χ0) is 13.3. The molecule has 98 valence electrons.